The van der Waals surface area contributed by atoms with Gasteiger partial charge in [0.2, 0.25) is 5.89 Å². The molecule has 0 radical (unpaired) electrons. The van der Waals surface area contributed by atoms with Gasteiger partial charge in [0, 0.05) is 23.3 Å². The summed E-state index contributed by atoms with van der Waals surface area (Å²) in [6.45, 7) is 8.53. The van der Waals surface area contributed by atoms with E-state index in [-0.39, 0.29) is 0 Å². The average molecular weight is 369 g/mol. The summed E-state index contributed by atoms with van der Waals surface area (Å²) >= 11 is 1.69. The first-order valence-corrected chi connectivity index (χ1v) is 10.1. The van der Waals surface area contributed by atoms with E-state index in [4.69, 9.17) is 4.42 Å². The van der Waals surface area contributed by atoms with Crippen molar-refractivity contribution in [3.05, 3.63) is 47.1 Å². The van der Waals surface area contributed by atoms with Gasteiger partial charge in [-0.05, 0) is 38.3 Å². The zero-order valence-electron chi connectivity index (χ0n) is 15.7. The van der Waals surface area contributed by atoms with Crippen LogP contribution in [0.3, 0.4) is 0 Å². The van der Waals surface area contributed by atoms with Gasteiger partial charge in [0.15, 0.2) is 5.16 Å². The Morgan fingerprint density at radius 1 is 1.23 bits per heavy atom. The smallest absolute Gasteiger partial charge is 0.226 e. The average Bonchev–Trinajstić information content (AvgIpc) is 3.16. The van der Waals surface area contributed by atoms with Gasteiger partial charge in [0.1, 0.15) is 12.1 Å². The third-order valence-corrected chi connectivity index (χ3v) is 5.61. The summed E-state index contributed by atoms with van der Waals surface area (Å²) in [5, 5.41) is 9.82. The van der Waals surface area contributed by atoms with Crippen LogP contribution >= 0.6 is 11.8 Å². The minimum absolute atomic E-state index is 0.389. The summed E-state index contributed by atoms with van der Waals surface area (Å²) in [5.41, 5.74) is 4.41. The molecular weight excluding hydrogens is 344 g/mol. The second-order valence-corrected chi connectivity index (χ2v) is 8.29. The summed E-state index contributed by atoms with van der Waals surface area (Å²) in [4.78, 5) is 4.67. The molecule has 2 heterocycles. The van der Waals surface area contributed by atoms with Crippen molar-refractivity contribution < 1.29 is 4.42 Å². The van der Waals surface area contributed by atoms with E-state index in [1.165, 1.54) is 24.0 Å². The zero-order valence-corrected chi connectivity index (χ0v) is 16.5. The van der Waals surface area contributed by atoms with Crippen molar-refractivity contribution >= 4 is 11.8 Å². The predicted octanol–water partition coefficient (Wildman–Crippen LogP) is 5.30. The van der Waals surface area contributed by atoms with Crippen LogP contribution in [0.5, 0.6) is 0 Å². The quantitative estimate of drug-likeness (QED) is 0.553. The molecule has 2 aromatic heterocycles. The van der Waals surface area contributed by atoms with Gasteiger partial charge < -0.3 is 8.98 Å². The molecule has 0 amide bonds. The molecule has 26 heavy (non-hydrogen) atoms. The maximum Gasteiger partial charge on any atom is 0.226 e. The number of benzene rings is 1. The Morgan fingerprint density at radius 3 is 2.73 bits per heavy atom. The first-order valence-electron chi connectivity index (χ1n) is 9.12. The lowest BCUT2D eigenvalue weighted by molar-refractivity contribution is 0.573. The summed E-state index contributed by atoms with van der Waals surface area (Å²) in [7, 11) is 0. The highest BCUT2D eigenvalue weighted by atomic mass is 32.2. The van der Waals surface area contributed by atoms with Crippen molar-refractivity contribution in [1.29, 1.82) is 0 Å². The highest BCUT2D eigenvalue weighted by Crippen LogP contribution is 2.40. The lowest BCUT2D eigenvalue weighted by Gasteiger charge is -2.10. The molecule has 0 bridgehead atoms. The number of rotatable bonds is 6. The Labute approximate surface area is 158 Å². The van der Waals surface area contributed by atoms with Crippen LogP contribution < -0.4 is 0 Å². The molecule has 4 rings (SSSR count). The van der Waals surface area contributed by atoms with Gasteiger partial charge in [0.25, 0.3) is 0 Å². The van der Waals surface area contributed by atoms with Crippen molar-refractivity contribution in [1.82, 2.24) is 19.7 Å². The first kappa shape index (κ1) is 17.3. The van der Waals surface area contributed by atoms with Gasteiger partial charge in [-0.15, -0.1) is 10.2 Å². The van der Waals surface area contributed by atoms with Crippen LogP contribution in [0.2, 0.25) is 0 Å². The van der Waals surface area contributed by atoms with E-state index in [0.29, 0.717) is 17.9 Å². The SMILES string of the molecule is Cc1ccc(-c2nc(CSc3nnc(C(C)C)n3C3CC3)co2)c(C)c1. The second kappa shape index (κ2) is 6.91. The standard InChI is InChI=1S/C20H24N4OS/c1-12(2)18-22-23-20(24(18)16-6-7-16)26-11-15-10-25-19(21-15)17-8-5-13(3)9-14(17)4/h5,8-10,12,16H,6-7,11H2,1-4H3. The molecule has 0 saturated heterocycles. The van der Waals surface area contributed by atoms with Crippen LogP contribution in [0.4, 0.5) is 0 Å². The second-order valence-electron chi connectivity index (χ2n) is 7.35. The Kier molecular flexibility index (Phi) is 4.61. The first-order chi connectivity index (χ1) is 12.5. The minimum atomic E-state index is 0.389. The molecule has 1 aliphatic rings. The van der Waals surface area contributed by atoms with E-state index in [1.807, 2.05) is 0 Å². The third-order valence-electron chi connectivity index (χ3n) is 4.63. The van der Waals surface area contributed by atoms with Crippen LogP contribution in [0, 0.1) is 13.8 Å². The summed E-state index contributed by atoms with van der Waals surface area (Å²) in [5.74, 6) is 2.90. The summed E-state index contributed by atoms with van der Waals surface area (Å²) < 4.78 is 8.05. The number of oxazole rings is 1. The van der Waals surface area contributed by atoms with Crippen LogP contribution in [-0.4, -0.2) is 19.7 Å². The lowest BCUT2D eigenvalue weighted by Crippen LogP contribution is -2.04. The molecule has 6 heteroatoms. The lowest BCUT2D eigenvalue weighted by atomic mass is 10.1. The fourth-order valence-electron chi connectivity index (χ4n) is 3.15. The number of nitrogens with zero attached hydrogens (tertiary/aromatic N) is 4. The number of thioether (sulfide) groups is 1. The van der Waals surface area contributed by atoms with Crippen molar-refractivity contribution in [3.8, 4) is 11.5 Å². The minimum Gasteiger partial charge on any atom is -0.444 e. The zero-order chi connectivity index (χ0) is 18.3. The number of aryl methyl sites for hydroxylation is 2. The fraction of sp³-hybridized carbons (Fsp3) is 0.450. The third kappa shape index (κ3) is 3.43. The highest BCUT2D eigenvalue weighted by Gasteiger charge is 2.30. The van der Waals surface area contributed by atoms with Crippen LogP contribution in [0.1, 0.15) is 61.3 Å². The fourth-order valence-corrected chi connectivity index (χ4v) is 4.04. The number of hydrogen-bond donors (Lipinski definition) is 0. The summed E-state index contributed by atoms with van der Waals surface area (Å²) in [6, 6.07) is 6.89. The monoisotopic (exact) mass is 368 g/mol. The molecule has 1 aromatic carbocycles. The molecule has 1 saturated carbocycles. The molecule has 0 atom stereocenters. The van der Waals surface area contributed by atoms with Gasteiger partial charge >= 0.3 is 0 Å². The van der Waals surface area contributed by atoms with Gasteiger partial charge in [0.05, 0.1) is 5.69 Å². The van der Waals surface area contributed by atoms with Gasteiger partial charge in [-0.3, -0.25) is 0 Å². The molecule has 0 spiro atoms. The van der Waals surface area contributed by atoms with E-state index in [2.05, 4.69) is 65.6 Å². The normalized spacial score (nSPS) is 14.3. The van der Waals surface area contributed by atoms with E-state index >= 15 is 0 Å². The summed E-state index contributed by atoms with van der Waals surface area (Å²) in [6.07, 6.45) is 4.21. The molecule has 5 nitrogen and oxygen atoms in total. The van der Waals surface area contributed by atoms with Crippen LogP contribution in [-0.2, 0) is 5.75 Å². The number of hydrogen-bond acceptors (Lipinski definition) is 5. The molecule has 0 unspecified atom stereocenters. The van der Waals surface area contributed by atoms with Crippen LogP contribution in [0.15, 0.2) is 34.0 Å². The Morgan fingerprint density at radius 2 is 2.04 bits per heavy atom. The van der Waals surface area contributed by atoms with E-state index in [1.54, 1.807) is 18.0 Å². The Hall–Kier alpha value is -2.08. The molecule has 0 aliphatic heterocycles. The maximum absolute atomic E-state index is 5.73. The molecule has 136 valence electrons. The Bertz CT molecular complexity index is 924. The molecule has 1 aliphatic carbocycles. The molecule has 0 N–H and O–H groups in total. The van der Waals surface area contributed by atoms with Gasteiger partial charge in [-0.2, -0.15) is 0 Å². The van der Waals surface area contributed by atoms with E-state index < -0.39 is 0 Å². The van der Waals surface area contributed by atoms with Crippen molar-refractivity contribution in [2.45, 2.75) is 63.4 Å². The van der Waals surface area contributed by atoms with Crippen molar-refractivity contribution in [2.75, 3.05) is 0 Å². The highest BCUT2D eigenvalue weighted by molar-refractivity contribution is 7.98. The van der Waals surface area contributed by atoms with E-state index in [9.17, 15) is 0 Å². The van der Waals surface area contributed by atoms with Crippen molar-refractivity contribution in [3.63, 3.8) is 0 Å². The van der Waals surface area contributed by atoms with Crippen molar-refractivity contribution in [2.24, 2.45) is 0 Å². The number of aromatic nitrogens is 4. The Balaban J connectivity index is 1.50. The predicted molar refractivity (Wildman–Crippen MR) is 103 cm³/mol. The van der Waals surface area contributed by atoms with Gasteiger partial charge in [-0.25, -0.2) is 4.98 Å². The maximum atomic E-state index is 5.73. The molecule has 1 fully saturated rings. The van der Waals surface area contributed by atoms with Crippen LogP contribution in [0.25, 0.3) is 11.5 Å². The van der Waals surface area contributed by atoms with E-state index in [0.717, 1.165) is 28.0 Å². The largest absolute Gasteiger partial charge is 0.444 e. The topological polar surface area (TPSA) is 56.7 Å². The molecule has 3 aromatic rings. The molecular formula is C20H24N4OS. The van der Waals surface area contributed by atoms with Gasteiger partial charge in [-0.1, -0.05) is 43.3 Å².